The molecule has 0 atom stereocenters. The van der Waals surface area contributed by atoms with Crippen molar-refractivity contribution in [2.45, 2.75) is 37.5 Å². The number of hydrogen-bond acceptors (Lipinski definition) is 2. The molecule has 0 heterocycles. The Morgan fingerprint density at radius 1 is 1.14 bits per heavy atom. The van der Waals surface area contributed by atoms with Crippen LogP contribution in [-0.2, 0) is 12.3 Å². The molecule has 0 saturated heterocycles. The number of aryl methyl sites for hydroxylation is 1. The van der Waals surface area contributed by atoms with Crippen LogP contribution in [0.1, 0.15) is 30.0 Å². The zero-order valence-electron chi connectivity index (χ0n) is 12.7. The largest absolute Gasteiger partial charge is 0.313 e. The van der Waals surface area contributed by atoms with Crippen molar-refractivity contribution in [2.75, 3.05) is 6.54 Å². The van der Waals surface area contributed by atoms with Crippen molar-refractivity contribution >= 4 is 23.4 Å². The molecular weight excluding hydrogens is 298 g/mol. The first kappa shape index (κ1) is 16.4. The van der Waals surface area contributed by atoms with Crippen LogP contribution in [-0.4, -0.2) is 6.54 Å². The maximum atomic E-state index is 6.15. The van der Waals surface area contributed by atoms with Gasteiger partial charge in [0.05, 0.1) is 0 Å². The SMILES string of the molecule is CCCNCc1ccc(Cl)cc1SCc1cccc(C)c1. The Hall–Kier alpha value is -0.960. The number of halogens is 1. The first-order valence-electron chi connectivity index (χ1n) is 7.36. The molecule has 0 unspecified atom stereocenters. The van der Waals surface area contributed by atoms with Gasteiger partial charge < -0.3 is 5.32 Å². The molecule has 0 amide bonds. The second-order valence-corrected chi connectivity index (χ2v) is 6.66. The van der Waals surface area contributed by atoms with Crippen molar-refractivity contribution in [1.29, 1.82) is 0 Å². The summed E-state index contributed by atoms with van der Waals surface area (Å²) in [6, 6.07) is 14.8. The third-order valence-corrected chi connectivity index (χ3v) is 4.65. The van der Waals surface area contributed by atoms with Crippen LogP contribution in [0.2, 0.25) is 5.02 Å². The second-order valence-electron chi connectivity index (χ2n) is 5.21. The molecule has 0 radical (unpaired) electrons. The van der Waals surface area contributed by atoms with Crippen LogP contribution in [0.15, 0.2) is 47.4 Å². The van der Waals surface area contributed by atoms with Gasteiger partial charge in [0, 0.05) is 22.2 Å². The van der Waals surface area contributed by atoms with Gasteiger partial charge in [-0.15, -0.1) is 11.8 Å². The summed E-state index contributed by atoms with van der Waals surface area (Å²) in [6.45, 7) is 6.27. The summed E-state index contributed by atoms with van der Waals surface area (Å²) in [5.74, 6) is 0.975. The molecule has 0 aliphatic rings. The third kappa shape index (κ3) is 5.39. The van der Waals surface area contributed by atoms with Crippen molar-refractivity contribution in [3.05, 3.63) is 64.2 Å². The first-order valence-corrected chi connectivity index (χ1v) is 8.73. The van der Waals surface area contributed by atoms with Crippen molar-refractivity contribution in [2.24, 2.45) is 0 Å². The van der Waals surface area contributed by atoms with Crippen LogP contribution in [0.25, 0.3) is 0 Å². The van der Waals surface area contributed by atoms with Crippen LogP contribution >= 0.6 is 23.4 Å². The van der Waals surface area contributed by atoms with E-state index in [-0.39, 0.29) is 0 Å². The third-order valence-electron chi connectivity index (χ3n) is 3.25. The molecule has 1 N–H and O–H groups in total. The van der Waals surface area contributed by atoms with Gasteiger partial charge in [0.15, 0.2) is 0 Å². The van der Waals surface area contributed by atoms with E-state index in [9.17, 15) is 0 Å². The molecule has 0 aliphatic heterocycles. The maximum absolute atomic E-state index is 6.15. The minimum absolute atomic E-state index is 0.806. The highest BCUT2D eigenvalue weighted by Crippen LogP contribution is 2.29. The fourth-order valence-corrected chi connectivity index (χ4v) is 3.45. The monoisotopic (exact) mass is 319 g/mol. The molecule has 0 bridgehead atoms. The summed E-state index contributed by atoms with van der Waals surface area (Å²) in [6.07, 6.45) is 1.15. The van der Waals surface area contributed by atoms with Gasteiger partial charge >= 0.3 is 0 Å². The number of nitrogens with one attached hydrogen (secondary N) is 1. The number of thioether (sulfide) groups is 1. The Kier molecular flexibility index (Phi) is 6.62. The summed E-state index contributed by atoms with van der Waals surface area (Å²) in [5, 5.41) is 4.27. The predicted molar refractivity (Wildman–Crippen MR) is 94.2 cm³/mol. The Labute approximate surface area is 137 Å². The summed E-state index contributed by atoms with van der Waals surface area (Å²) in [4.78, 5) is 1.27. The first-order chi connectivity index (χ1) is 10.2. The number of hydrogen-bond donors (Lipinski definition) is 1. The summed E-state index contributed by atoms with van der Waals surface area (Å²) in [5.41, 5.74) is 3.99. The van der Waals surface area contributed by atoms with Crippen molar-refractivity contribution in [3.63, 3.8) is 0 Å². The van der Waals surface area contributed by atoms with E-state index in [0.29, 0.717) is 0 Å². The lowest BCUT2D eigenvalue weighted by molar-refractivity contribution is 0.669. The molecule has 2 aromatic rings. The van der Waals surface area contributed by atoms with Gasteiger partial charge in [0.2, 0.25) is 0 Å². The van der Waals surface area contributed by atoms with E-state index in [4.69, 9.17) is 11.6 Å². The number of rotatable bonds is 7. The second kappa shape index (κ2) is 8.47. The molecule has 1 nitrogen and oxygen atoms in total. The average molecular weight is 320 g/mol. The normalized spacial score (nSPS) is 10.8. The van der Waals surface area contributed by atoms with E-state index in [1.807, 2.05) is 17.8 Å². The standard InChI is InChI=1S/C18H22ClNS/c1-3-9-20-12-16-7-8-17(19)11-18(16)21-13-15-6-4-5-14(2)10-15/h4-8,10-11,20H,3,9,12-13H2,1-2H3. The summed E-state index contributed by atoms with van der Waals surface area (Å²) < 4.78 is 0. The minimum atomic E-state index is 0.806. The van der Waals surface area contributed by atoms with E-state index in [2.05, 4.69) is 55.6 Å². The van der Waals surface area contributed by atoms with Gasteiger partial charge in [0.1, 0.15) is 0 Å². The fourth-order valence-electron chi connectivity index (χ4n) is 2.17. The van der Waals surface area contributed by atoms with E-state index >= 15 is 0 Å². The minimum Gasteiger partial charge on any atom is -0.313 e. The molecule has 0 saturated carbocycles. The lowest BCUT2D eigenvalue weighted by Crippen LogP contribution is -2.14. The van der Waals surface area contributed by atoms with Gasteiger partial charge in [-0.1, -0.05) is 54.4 Å². The van der Waals surface area contributed by atoms with Gasteiger partial charge in [-0.3, -0.25) is 0 Å². The fraction of sp³-hybridized carbons (Fsp3) is 0.333. The Balaban J connectivity index is 2.05. The zero-order valence-corrected chi connectivity index (χ0v) is 14.2. The van der Waals surface area contributed by atoms with Crippen LogP contribution in [0, 0.1) is 6.92 Å². The average Bonchev–Trinajstić information content (AvgIpc) is 2.47. The Morgan fingerprint density at radius 3 is 2.76 bits per heavy atom. The molecule has 0 aromatic heterocycles. The molecule has 2 aromatic carbocycles. The van der Waals surface area contributed by atoms with Crippen LogP contribution in [0.4, 0.5) is 0 Å². The van der Waals surface area contributed by atoms with E-state index in [0.717, 1.165) is 30.3 Å². The topological polar surface area (TPSA) is 12.0 Å². The highest BCUT2D eigenvalue weighted by Gasteiger charge is 2.05. The summed E-state index contributed by atoms with van der Waals surface area (Å²) in [7, 11) is 0. The van der Waals surface area contributed by atoms with E-state index in [1.165, 1.54) is 21.6 Å². The molecular formula is C18H22ClNS. The van der Waals surface area contributed by atoms with Gasteiger partial charge in [-0.25, -0.2) is 0 Å². The van der Waals surface area contributed by atoms with E-state index in [1.54, 1.807) is 0 Å². The van der Waals surface area contributed by atoms with Gasteiger partial charge in [-0.05, 0) is 43.1 Å². The molecule has 0 aliphatic carbocycles. The van der Waals surface area contributed by atoms with Gasteiger partial charge in [0.25, 0.3) is 0 Å². The quantitative estimate of drug-likeness (QED) is 0.538. The van der Waals surface area contributed by atoms with Crippen molar-refractivity contribution < 1.29 is 0 Å². The molecule has 0 spiro atoms. The Bertz CT molecular complexity index is 583. The van der Waals surface area contributed by atoms with Crippen molar-refractivity contribution in [1.82, 2.24) is 5.32 Å². The van der Waals surface area contributed by atoms with Crippen LogP contribution < -0.4 is 5.32 Å². The molecule has 112 valence electrons. The van der Waals surface area contributed by atoms with E-state index < -0.39 is 0 Å². The Morgan fingerprint density at radius 2 is 2.00 bits per heavy atom. The molecule has 2 rings (SSSR count). The van der Waals surface area contributed by atoms with Crippen molar-refractivity contribution in [3.8, 4) is 0 Å². The van der Waals surface area contributed by atoms with Crippen LogP contribution in [0.5, 0.6) is 0 Å². The number of benzene rings is 2. The van der Waals surface area contributed by atoms with Crippen LogP contribution in [0.3, 0.4) is 0 Å². The predicted octanol–water partition coefficient (Wildman–Crippen LogP) is 5.44. The zero-order chi connectivity index (χ0) is 15.1. The highest BCUT2D eigenvalue weighted by atomic mass is 35.5. The maximum Gasteiger partial charge on any atom is 0.0417 e. The molecule has 21 heavy (non-hydrogen) atoms. The highest BCUT2D eigenvalue weighted by molar-refractivity contribution is 7.98. The molecule has 0 fully saturated rings. The summed E-state index contributed by atoms with van der Waals surface area (Å²) >= 11 is 8.01. The van der Waals surface area contributed by atoms with Gasteiger partial charge in [-0.2, -0.15) is 0 Å². The smallest absolute Gasteiger partial charge is 0.0417 e. The lowest BCUT2D eigenvalue weighted by Gasteiger charge is -2.11. The molecule has 3 heteroatoms. The lowest BCUT2D eigenvalue weighted by atomic mass is 10.2.